The van der Waals surface area contributed by atoms with E-state index >= 15 is 0 Å². The Kier molecular flexibility index (Phi) is 4.94. The van der Waals surface area contributed by atoms with E-state index in [1.165, 1.54) is 5.57 Å². The molecule has 3 aliphatic rings. The third kappa shape index (κ3) is 3.47. The molecule has 1 aromatic carbocycles. The highest BCUT2D eigenvalue weighted by Gasteiger charge is 2.27. The van der Waals surface area contributed by atoms with Crippen LogP contribution in [0.4, 0.5) is 0 Å². The molecule has 2 amide bonds. The zero-order valence-corrected chi connectivity index (χ0v) is 15.3. The number of hydrogen-bond acceptors (Lipinski definition) is 3. The zero-order valence-electron chi connectivity index (χ0n) is 15.3. The highest BCUT2D eigenvalue weighted by atomic mass is 16.5. The Balaban J connectivity index is 1.60. The number of amides is 2. The summed E-state index contributed by atoms with van der Waals surface area (Å²) in [7, 11) is 0. The average molecular weight is 364 g/mol. The van der Waals surface area contributed by atoms with Gasteiger partial charge in [0.15, 0.2) is 0 Å². The number of aryl methyl sites for hydroxylation is 1. The number of nitrogens with zero attached hydrogens (tertiary/aromatic N) is 1. The van der Waals surface area contributed by atoms with Crippen molar-refractivity contribution in [2.45, 2.75) is 38.6 Å². The van der Waals surface area contributed by atoms with Gasteiger partial charge in [-0.15, -0.1) is 0 Å². The van der Waals surface area contributed by atoms with Gasteiger partial charge in [0.05, 0.1) is 0 Å². The molecule has 4 rings (SSSR count). The summed E-state index contributed by atoms with van der Waals surface area (Å²) < 4.78 is 0. The van der Waals surface area contributed by atoms with Crippen LogP contribution >= 0.6 is 0 Å². The third-order valence-electron chi connectivity index (χ3n) is 5.76. The fourth-order valence-corrected chi connectivity index (χ4v) is 4.30. The summed E-state index contributed by atoms with van der Waals surface area (Å²) >= 11 is 0. The molecule has 1 atom stereocenters. The van der Waals surface area contributed by atoms with Gasteiger partial charge in [0.25, 0.3) is 11.8 Å². The van der Waals surface area contributed by atoms with E-state index in [4.69, 9.17) is 5.21 Å². The van der Waals surface area contributed by atoms with Crippen molar-refractivity contribution in [2.75, 3.05) is 6.54 Å². The standard InChI is InChI=1S/C22H24N2O3/c25-21(23-27)17-10-11-18-14-24(12-4-7-16(18)13-17)22(26)20-9-3-6-15-5-1-2-8-19(15)20/h2-3,8-11,13,15,27H,1,4-7,12,14H2,(H,23,25). The van der Waals surface area contributed by atoms with E-state index in [0.717, 1.165) is 48.8 Å². The predicted octanol–water partition coefficient (Wildman–Crippen LogP) is 3.30. The van der Waals surface area contributed by atoms with E-state index in [-0.39, 0.29) is 5.91 Å². The molecule has 140 valence electrons. The van der Waals surface area contributed by atoms with E-state index < -0.39 is 5.91 Å². The topological polar surface area (TPSA) is 69.6 Å². The lowest BCUT2D eigenvalue weighted by atomic mass is 9.80. The Hall–Kier alpha value is -2.66. The molecule has 5 heteroatoms. The van der Waals surface area contributed by atoms with Gasteiger partial charge in [-0.2, -0.15) is 0 Å². The normalized spacial score (nSPS) is 21.4. The molecule has 2 aliphatic carbocycles. The van der Waals surface area contributed by atoms with Gasteiger partial charge in [-0.05, 0) is 66.9 Å². The molecule has 1 aromatic rings. The fraction of sp³-hybridized carbons (Fsp3) is 0.364. The van der Waals surface area contributed by atoms with Gasteiger partial charge in [0, 0.05) is 24.2 Å². The summed E-state index contributed by atoms with van der Waals surface area (Å²) in [6, 6.07) is 5.40. The minimum atomic E-state index is -0.510. The summed E-state index contributed by atoms with van der Waals surface area (Å²) in [5, 5.41) is 8.83. The first-order valence-electron chi connectivity index (χ1n) is 9.60. The molecule has 0 fully saturated rings. The Labute approximate surface area is 159 Å². The highest BCUT2D eigenvalue weighted by molar-refractivity contribution is 5.98. The van der Waals surface area contributed by atoms with Gasteiger partial charge < -0.3 is 4.90 Å². The van der Waals surface area contributed by atoms with E-state index in [0.29, 0.717) is 24.6 Å². The van der Waals surface area contributed by atoms with Crippen molar-refractivity contribution < 1.29 is 14.8 Å². The molecule has 1 aliphatic heterocycles. The third-order valence-corrected chi connectivity index (χ3v) is 5.76. The number of rotatable bonds is 2. The number of hydrogen-bond donors (Lipinski definition) is 2. The zero-order chi connectivity index (χ0) is 18.8. The largest absolute Gasteiger partial charge is 0.334 e. The number of fused-ring (bicyclic) bond motifs is 2. The van der Waals surface area contributed by atoms with Gasteiger partial charge in [-0.25, -0.2) is 5.48 Å². The lowest BCUT2D eigenvalue weighted by Gasteiger charge is -2.28. The molecule has 0 aromatic heterocycles. The van der Waals surface area contributed by atoms with Crippen LogP contribution in [0.3, 0.4) is 0 Å². The van der Waals surface area contributed by atoms with E-state index in [2.05, 4.69) is 18.2 Å². The second-order valence-corrected chi connectivity index (χ2v) is 7.44. The molecule has 0 spiro atoms. The van der Waals surface area contributed by atoms with Crippen molar-refractivity contribution >= 4 is 11.8 Å². The molecule has 1 heterocycles. The van der Waals surface area contributed by atoms with Crippen molar-refractivity contribution in [3.63, 3.8) is 0 Å². The Morgan fingerprint density at radius 3 is 2.89 bits per heavy atom. The van der Waals surface area contributed by atoms with Crippen LogP contribution in [0.1, 0.15) is 47.2 Å². The van der Waals surface area contributed by atoms with Crippen LogP contribution in [0.2, 0.25) is 0 Å². The Bertz CT molecular complexity index is 866. The molecule has 0 saturated heterocycles. The van der Waals surface area contributed by atoms with Crippen LogP contribution in [-0.4, -0.2) is 28.5 Å². The second kappa shape index (κ2) is 7.53. The van der Waals surface area contributed by atoms with Crippen LogP contribution in [0, 0.1) is 5.92 Å². The van der Waals surface area contributed by atoms with E-state index in [1.54, 1.807) is 11.5 Å². The minimum Gasteiger partial charge on any atom is -0.334 e. The number of carbonyl (C=O) groups is 2. The molecule has 0 radical (unpaired) electrons. The summed E-state index contributed by atoms with van der Waals surface area (Å²) in [6.45, 7) is 1.25. The summed E-state index contributed by atoms with van der Waals surface area (Å²) in [6.07, 6.45) is 13.3. The van der Waals surface area contributed by atoms with Gasteiger partial charge in [-0.3, -0.25) is 14.8 Å². The number of hydroxylamine groups is 1. The van der Waals surface area contributed by atoms with Gasteiger partial charge in [0.1, 0.15) is 0 Å². The summed E-state index contributed by atoms with van der Waals surface area (Å²) in [5.74, 6) is 0.0599. The predicted molar refractivity (Wildman–Crippen MR) is 102 cm³/mol. The molecule has 0 saturated carbocycles. The number of benzene rings is 1. The van der Waals surface area contributed by atoms with Crippen molar-refractivity contribution in [3.8, 4) is 0 Å². The van der Waals surface area contributed by atoms with Crippen LogP contribution < -0.4 is 5.48 Å². The SMILES string of the molecule is O=C(NO)c1ccc2c(c1)CCCN(C(=O)C1=C3C=CCCC3CC=C1)C2. The lowest BCUT2D eigenvalue weighted by molar-refractivity contribution is -0.127. The van der Waals surface area contributed by atoms with Crippen molar-refractivity contribution in [2.24, 2.45) is 5.92 Å². The smallest absolute Gasteiger partial charge is 0.274 e. The van der Waals surface area contributed by atoms with Crippen molar-refractivity contribution in [3.05, 3.63) is 70.3 Å². The average Bonchev–Trinajstić information content (AvgIpc) is 2.94. The Morgan fingerprint density at radius 1 is 1.15 bits per heavy atom. The first-order chi connectivity index (χ1) is 13.2. The molecule has 5 nitrogen and oxygen atoms in total. The van der Waals surface area contributed by atoms with Crippen LogP contribution in [-0.2, 0) is 17.8 Å². The van der Waals surface area contributed by atoms with Crippen molar-refractivity contribution in [1.29, 1.82) is 0 Å². The highest BCUT2D eigenvalue weighted by Crippen LogP contribution is 2.34. The number of allylic oxidation sites excluding steroid dienone is 4. The maximum Gasteiger partial charge on any atom is 0.274 e. The van der Waals surface area contributed by atoms with Crippen LogP contribution in [0.15, 0.2) is 53.6 Å². The number of nitrogens with one attached hydrogen (secondary N) is 1. The Morgan fingerprint density at radius 2 is 2.04 bits per heavy atom. The van der Waals surface area contributed by atoms with E-state index in [1.807, 2.05) is 23.1 Å². The van der Waals surface area contributed by atoms with Crippen molar-refractivity contribution in [1.82, 2.24) is 10.4 Å². The van der Waals surface area contributed by atoms with Gasteiger partial charge in [0.2, 0.25) is 0 Å². The maximum absolute atomic E-state index is 13.3. The van der Waals surface area contributed by atoms with Crippen LogP contribution in [0.25, 0.3) is 0 Å². The quantitative estimate of drug-likeness (QED) is 0.625. The lowest BCUT2D eigenvalue weighted by Crippen LogP contribution is -2.33. The molecule has 0 bridgehead atoms. The first-order valence-corrected chi connectivity index (χ1v) is 9.60. The van der Waals surface area contributed by atoms with Gasteiger partial charge in [-0.1, -0.05) is 30.4 Å². The molecule has 27 heavy (non-hydrogen) atoms. The molecular formula is C22H24N2O3. The molecular weight excluding hydrogens is 340 g/mol. The monoisotopic (exact) mass is 364 g/mol. The minimum absolute atomic E-state index is 0.0996. The first kappa shape index (κ1) is 17.7. The van der Waals surface area contributed by atoms with E-state index in [9.17, 15) is 9.59 Å². The van der Waals surface area contributed by atoms with Crippen LogP contribution in [0.5, 0.6) is 0 Å². The summed E-state index contributed by atoms with van der Waals surface area (Å²) in [4.78, 5) is 26.9. The fourth-order valence-electron chi connectivity index (χ4n) is 4.30. The molecule has 1 unspecified atom stereocenters. The number of carbonyl (C=O) groups excluding carboxylic acids is 2. The van der Waals surface area contributed by atoms with Gasteiger partial charge >= 0.3 is 0 Å². The second-order valence-electron chi connectivity index (χ2n) is 7.44. The molecule has 2 N–H and O–H groups in total. The summed E-state index contributed by atoms with van der Waals surface area (Å²) in [5.41, 5.74) is 6.27. The maximum atomic E-state index is 13.3.